The average Bonchev–Trinajstić information content (AvgIpc) is 3.11. The second-order valence-corrected chi connectivity index (χ2v) is 6.38. The van der Waals surface area contributed by atoms with E-state index >= 15 is 0 Å². The molecule has 3 heterocycles. The van der Waals surface area contributed by atoms with Gasteiger partial charge in [0.15, 0.2) is 5.82 Å². The predicted molar refractivity (Wildman–Crippen MR) is 89.4 cm³/mol. The molecule has 0 aliphatic carbocycles. The molecule has 130 valence electrons. The van der Waals surface area contributed by atoms with E-state index in [-0.39, 0.29) is 5.91 Å². The number of carbonyl (C=O) groups is 1. The third-order valence-corrected chi connectivity index (χ3v) is 4.38. The monoisotopic (exact) mass is 332 g/mol. The van der Waals surface area contributed by atoms with E-state index in [9.17, 15) is 4.79 Å². The second-order valence-electron chi connectivity index (χ2n) is 6.38. The lowest BCUT2D eigenvalue weighted by molar-refractivity contribution is -0.118. The van der Waals surface area contributed by atoms with Gasteiger partial charge in [0.2, 0.25) is 5.91 Å². The Hall–Kier alpha value is -2.19. The summed E-state index contributed by atoms with van der Waals surface area (Å²) in [5, 5.41) is 6.55. The maximum atomic E-state index is 12.1. The molecule has 0 radical (unpaired) electrons. The minimum absolute atomic E-state index is 0.0620. The maximum Gasteiger partial charge on any atom is 0.239 e. The minimum Gasteiger partial charge on any atom is -0.360 e. The highest BCUT2D eigenvalue weighted by atomic mass is 16.5. The third kappa shape index (κ3) is 4.01. The fourth-order valence-electron chi connectivity index (χ4n) is 2.99. The van der Waals surface area contributed by atoms with Crippen LogP contribution in [0.4, 0.5) is 5.82 Å². The highest BCUT2D eigenvalue weighted by Crippen LogP contribution is 2.13. The van der Waals surface area contributed by atoms with Gasteiger partial charge in [-0.3, -0.25) is 14.6 Å². The number of aromatic nitrogens is 3. The van der Waals surface area contributed by atoms with Gasteiger partial charge in [-0.2, -0.15) is 0 Å². The van der Waals surface area contributed by atoms with Gasteiger partial charge in [-0.05, 0) is 13.8 Å². The molecule has 1 atom stereocenters. The van der Waals surface area contributed by atoms with Gasteiger partial charge < -0.3 is 14.4 Å². The molecule has 24 heavy (non-hydrogen) atoms. The van der Waals surface area contributed by atoms with Crippen LogP contribution in [0.5, 0.6) is 0 Å². The number of hydrogen-bond acceptors (Lipinski definition) is 6. The van der Waals surface area contributed by atoms with Gasteiger partial charge >= 0.3 is 0 Å². The zero-order chi connectivity index (χ0) is 17.1. The molecule has 1 aliphatic rings. The Morgan fingerprint density at radius 3 is 2.92 bits per heavy atom. The number of piperazine rings is 1. The van der Waals surface area contributed by atoms with E-state index in [1.807, 2.05) is 24.0 Å². The van der Waals surface area contributed by atoms with Crippen LogP contribution in [0.3, 0.4) is 0 Å². The molecule has 0 saturated carbocycles. The third-order valence-electron chi connectivity index (χ3n) is 4.38. The molecule has 1 N–H and O–H groups in total. The number of rotatable bonds is 5. The Labute approximate surface area is 141 Å². The van der Waals surface area contributed by atoms with E-state index in [4.69, 9.17) is 4.52 Å². The number of nitrogens with one attached hydrogen (secondary N) is 1. The Bertz CT molecular complexity index is 694. The summed E-state index contributed by atoms with van der Waals surface area (Å²) in [4.78, 5) is 21.1. The van der Waals surface area contributed by atoms with Gasteiger partial charge in [0.25, 0.3) is 0 Å². The molecule has 0 bridgehead atoms. The van der Waals surface area contributed by atoms with Gasteiger partial charge in [0.05, 0.1) is 13.1 Å². The summed E-state index contributed by atoms with van der Waals surface area (Å²) in [6.45, 7) is 7.83. The highest BCUT2D eigenvalue weighted by Gasteiger charge is 2.25. The number of imidazole rings is 1. The largest absolute Gasteiger partial charge is 0.360 e. The van der Waals surface area contributed by atoms with Crippen LogP contribution in [-0.2, 0) is 18.4 Å². The van der Waals surface area contributed by atoms with Gasteiger partial charge in [0, 0.05) is 51.2 Å². The van der Waals surface area contributed by atoms with Crippen molar-refractivity contribution in [2.45, 2.75) is 26.4 Å². The fraction of sp³-hybridized carbons (Fsp3) is 0.562. The molecule has 2 aromatic rings. The summed E-state index contributed by atoms with van der Waals surface area (Å²) in [6.07, 6.45) is 3.79. The molecule has 3 rings (SSSR count). The summed E-state index contributed by atoms with van der Waals surface area (Å²) in [5.74, 6) is 2.16. The number of nitrogens with zero attached hydrogens (tertiary/aromatic N) is 5. The van der Waals surface area contributed by atoms with Crippen LogP contribution < -0.4 is 5.32 Å². The van der Waals surface area contributed by atoms with Gasteiger partial charge in [0.1, 0.15) is 11.6 Å². The maximum absolute atomic E-state index is 12.1. The van der Waals surface area contributed by atoms with Crippen LogP contribution in [0.25, 0.3) is 0 Å². The predicted octanol–water partition coefficient (Wildman–Crippen LogP) is 0.861. The van der Waals surface area contributed by atoms with Crippen LogP contribution in [-0.4, -0.2) is 62.6 Å². The topological polar surface area (TPSA) is 79.4 Å². The Morgan fingerprint density at radius 1 is 1.46 bits per heavy atom. The standard InChI is InChI=1S/C16H24N6O2/c1-12-9-21(11-16(23)18-14-8-13(2)24-19-14)6-7-22(12)10-15-17-4-5-20(15)3/h4-5,8,12H,6-7,9-11H2,1-3H3,(H,18,19,23)/t12-/m0/s1. The van der Waals surface area contributed by atoms with Crippen molar-refractivity contribution in [2.24, 2.45) is 7.05 Å². The van der Waals surface area contributed by atoms with Crippen LogP contribution >= 0.6 is 0 Å². The first-order chi connectivity index (χ1) is 11.5. The summed E-state index contributed by atoms with van der Waals surface area (Å²) in [6, 6.07) is 2.09. The Morgan fingerprint density at radius 2 is 2.29 bits per heavy atom. The summed E-state index contributed by atoms with van der Waals surface area (Å²) < 4.78 is 7.00. The fourth-order valence-corrected chi connectivity index (χ4v) is 2.99. The van der Waals surface area contributed by atoms with E-state index < -0.39 is 0 Å². The van der Waals surface area contributed by atoms with Crippen molar-refractivity contribution in [2.75, 3.05) is 31.5 Å². The van der Waals surface area contributed by atoms with Crippen molar-refractivity contribution < 1.29 is 9.32 Å². The smallest absolute Gasteiger partial charge is 0.239 e. The molecule has 8 heteroatoms. The number of anilines is 1. The molecule has 2 aromatic heterocycles. The van der Waals surface area contributed by atoms with Gasteiger partial charge in [-0.15, -0.1) is 0 Å². The van der Waals surface area contributed by atoms with Crippen molar-refractivity contribution in [3.05, 3.63) is 30.0 Å². The lowest BCUT2D eigenvalue weighted by Crippen LogP contribution is -2.53. The molecule has 0 unspecified atom stereocenters. The second kappa shape index (κ2) is 7.14. The molecular weight excluding hydrogens is 308 g/mol. The van der Waals surface area contributed by atoms with Gasteiger partial charge in [-0.25, -0.2) is 4.98 Å². The summed E-state index contributed by atoms with van der Waals surface area (Å²) in [5.41, 5.74) is 0. The van der Waals surface area contributed by atoms with Crippen LogP contribution in [0.15, 0.2) is 23.0 Å². The Kier molecular flexibility index (Phi) is 4.96. The first-order valence-corrected chi connectivity index (χ1v) is 8.17. The molecular formula is C16H24N6O2. The Balaban J connectivity index is 1.48. The molecule has 1 aliphatic heterocycles. The molecule has 8 nitrogen and oxygen atoms in total. The lowest BCUT2D eigenvalue weighted by atomic mass is 10.2. The lowest BCUT2D eigenvalue weighted by Gasteiger charge is -2.39. The van der Waals surface area contributed by atoms with E-state index in [0.29, 0.717) is 24.2 Å². The van der Waals surface area contributed by atoms with Crippen LogP contribution in [0.1, 0.15) is 18.5 Å². The SMILES string of the molecule is Cc1cc(NC(=O)CN2CCN(Cc3nccn3C)[C@@H](C)C2)no1. The number of amides is 1. The first kappa shape index (κ1) is 16.7. The van der Waals surface area contributed by atoms with Crippen molar-refractivity contribution in [1.82, 2.24) is 24.5 Å². The quantitative estimate of drug-likeness (QED) is 0.875. The van der Waals surface area contributed by atoms with Crippen molar-refractivity contribution >= 4 is 11.7 Å². The highest BCUT2D eigenvalue weighted by molar-refractivity contribution is 5.91. The van der Waals surface area contributed by atoms with E-state index in [1.165, 1.54) is 0 Å². The van der Waals surface area contributed by atoms with E-state index in [2.05, 4.69) is 32.2 Å². The van der Waals surface area contributed by atoms with Gasteiger partial charge in [-0.1, -0.05) is 5.16 Å². The molecule has 1 fully saturated rings. The minimum atomic E-state index is -0.0620. The van der Waals surface area contributed by atoms with E-state index in [0.717, 1.165) is 32.0 Å². The molecule has 1 amide bonds. The van der Waals surface area contributed by atoms with Crippen molar-refractivity contribution in [3.63, 3.8) is 0 Å². The summed E-state index contributed by atoms with van der Waals surface area (Å²) in [7, 11) is 2.01. The van der Waals surface area contributed by atoms with Crippen LogP contribution in [0, 0.1) is 6.92 Å². The summed E-state index contributed by atoms with van der Waals surface area (Å²) >= 11 is 0. The number of carbonyl (C=O) groups excluding carboxylic acids is 1. The van der Waals surface area contributed by atoms with E-state index in [1.54, 1.807) is 13.0 Å². The zero-order valence-electron chi connectivity index (χ0n) is 14.4. The molecule has 0 spiro atoms. The zero-order valence-corrected chi connectivity index (χ0v) is 14.4. The normalized spacial score (nSPS) is 19.5. The average molecular weight is 332 g/mol. The number of aryl methyl sites for hydroxylation is 2. The van der Waals surface area contributed by atoms with Crippen molar-refractivity contribution in [1.29, 1.82) is 0 Å². The molecule has 0 aromatic carbocycles. The first-order valence-electron chi connectivity index (χ1n) is 8.17. The van der Waals surface area contributed by atoms with Crippen molar-refractivity contribution in [3.8, 4) is 0 Å². The molecule has 1 saturated heterocycles. The van der Waals surface area contributed by atoms with Crippen LogP contribution in [0.2, 0.25) is 0 Å². The number of hydrogen-bond donors (Lipinski definition) is 1.